The van der Waals surface area contributed by atoms with Gasteiger partial charge in [0.1, 0.15) is 0 Å². The summed E-state index contributed by atoms with van der Waals surface area (Å²) >= 11 is 0. The second kappa shape index (κ2) is 7.78. The fourth-order valence-electron chi connectivity index (χ4n) is 4.70. The molecular formula is C22H27N3O3. The minimum absolute atomic E-state index is 0.0428. The van der Waals surface area contributed by atoms with Crippen molar-refractivity contribution in [2.75, 3.05) is 13.1 Å². The molecule has 28 heavy (non-hydrogen) atoms. The number of aromatic nitrogens is 2. The first-order chi connectivity index (χ1) is 13.6. The number of carbonyl (C=O) groups excluding carboxylic acids is 1. The number of likely N-dealkylation sites (tertiary alicyclic amines) is 1. The maximum atomic E-state index is 13.4. The van der Waals surface area contributed by atoms with Crippen molar-refractivity contribution >= 4 is 11.9 Å². The summed E-state index contributed by atoms with van der Waals surface area (Å²) in [5.74, 6) is -1.24. The van der Waals surface area contributed by atoms with Crippen molar-refractivity contribution < 1.29 is 14.7 Å². The van der Waals surface area contributed by atoms with E-state index in [-0.39, 0.29) is 17.7 Å². The zero-order valence-corrected chi connectivity index (χ0v) is 16.3. The lowest BCUT2D eigenvalue weighted by Gasteiger charge is -2.35. The minimum atomic E-state index is -0.765. The van der Waals surface area contributed by atoms with Crippen LogP contribution in [0.1, 0.15) is 55.4 Å². The predicted octanol–water partition coefficient (Wildman–Crippen LogP) is 3.85. The van der Waals surface area contributed by atoms with E-state index in [1.54, 1.807) is 11.1 Å². The Morgan fingerprint density at radius 3 is 2.46 bits per heavy atom. The summed E-state index contributed by atoms with van der Waals surface area (Å²) < 4.78 is 2.04. The molecule has 6 nitrogen and oxygen atoms in total. The van der Waals surface area contributed by atoms with Crippen LogP contribution in [0.25, 0.3) is 11.3 Å². The molecule has 1 saturated heterocycles. The highest BCUT2D eigenvalue weighted by molar-refractivity contribution is 6.00. The third-order valence-electron chi connectivity index (χ3n) is 6.25. The van der Waals surface area contributed by atoms with Crippen LogP contribution >= 0.6 is 0 Å². The largest absolute Gasteiger partial charge is 0.481 e. The Morgan fingerprint density at radius 1 is 1.11 bits per heavy atom. The van der Waals surface area contributed by atoms with Crippen molar-refractivity contribution in [3.63, 3.8) is 0 Å². The predicted molar refractivity (Wildman–Crippen MR) is 106 cm³/mol. The van der Waals surface area contributed by atoms with Crippen LogP contribution in [0.5, 0.6) is 0 Å². The van der Waals surface area contributed by atoms with Gasteiger partial charge in [0.05, 0.1) is 29.4 Å². The Bertz CT molecular complexity index is 855. The monoisotopic (exact) mass is 381 g/mol. The van der Waals surface area contributed by atoms with E-state index in [1.807, 2.05) is 41.9 Å². The first-order valence-corrected chi connectivity index (χ1v) is 10.2. The molecule has 1 aliphatic carbocycles. The van der Waals surface area contributed by atoms with Gasteiger partial charge in [0.25, 0.3) is 5.91 Å². The van der Waals surface area contributed by atoms with Crippen LogP contribution in [0.3, 0.4) is 0 Å². The molecule has 0 radical (unpaired) electrons. The highest BCUT2D eigenvalue weighted by atomic mass is 16.4. The molecule has 1 aromatic heterocycles. The topological polar surface area (TPSA) is 75.4 Å². The van der Waals surface area contributed by atoms with Crippen LogP contribution in [-0.4, -0.2) is 44.8 Å². The summed E-state index contributed by atoms with van der Waals surface area (Å²) in [6.07, 6.45) is 6.79. The second-order valence-electron chi connectivity index (χ2n) is 8.12. The van der Waals surface area contributed by atoms with E-state index >= 15 is 0 Å². The first-order valence-electron chi connectivity index (χ1n) is 10.2. The summed E-state index contributed by atoms with van der Waals surface area (Å²) in [4.78, 5) is 26.6. The lowest BCUT2D eigenvalue weighted by atomic mass is 9.86. The number of carboxylic acids is 1. The van der Waals surface area contributed by atoms with E-state index in [9.17, 15) is 14.7 Å². The molecule has 2 fully saturated rings. The van der Waals surface area contributed by atoms with E-state index in [1.165, 1.54) is 12.8 Å². The van der Waals surface area contributed by atoms with Crippen molar-refractivity contribution in [3.8, 4) is 11.3 Å². The Hall–Kier alpha value is -2.63. The molecule has 6 heteroatoms. The van der Waals surface area contributed by atoms with Crippen LogP contribution in [0.2, 0.25) is 0 Å². The molecule has 4 rings (SSSR count). The lowest BCUT2D eigenvalue weighted by Crippen LogP contribution is -2.45. The van der Waals surface area contributed by atoms with Crippen molar-refractivity contribution in [1.82, 2.24) is 14.7 Å². The van der Waals surface area contributed by atoms with E-state index in [0.717, 1.165) is 24.1 Å². The Balaban J connectivity index is 1.66. The molecule has 2 atom stereocenters. The summed E-state index contributed by atoms with van der Waals surface area (Å²) in [6, 6.07) is 10.3. The summed E-state index contributed by atoms with van der Waals surface area (Å²) in [5, 5.41) is 14.0. The van der Waals surface area contributed by atoms with Crippen LogP contribution in [0, 0.1) is 11.8 Å². The molecule has 2 aliphatic rings. The molecular weight excluding hydrogens is 354 g/mol. The van der Waals surface area contributed by atoms with Crippen molar-refractivity contribution in [1.29, 1.82) is 0 Å². The number of amides is 1. The first kappa shape index (κ1) is 18.7. The summed E-state index contributed by atoms with van der Waals surface area (Å²) in [5.41, 5.74) is 2.52. The molecule has 2 unspecified atom stereocenters. The molecule has 1 N–H and O–H groups in total. The fourth-order valence-corrected chi connectivity index (χ4v) is 4.70. The average Bonchev–Trinajstić information content (AvgIpc) is 3.37. The normalized spacial score (nSPS) is 23.1. The van der Waals surface area contributed by atoms with Gasteiger partial charge < -0.3 is 10.0 Å². The minimum Gasteiger partial charge on any atom is -0.481 e. The molecule has 148 valence electrons. The van der Waals surface area contributed by atoms with Crippen LogP contribution < -0.4 is 0 Å². The Kier molecular flexibility index (Phi) is 5.20. The molecule has 0 bridgehead atoms. The Morgan fingerprint density at radius 2 is 1.82 bits per heavy atom. The zero-order chi connectivity index (χ0) is 19.7. The Labute approximate surface area is 165 Å². The van der Waals surface area contributed by atoms with Gasteiger partial charge in [0.2, 0.25) is 0 Å². The molecule has 2 aromatic rings. The number of benzene rings is 1. The number of hydrogen-bond donors (Lipinski definition) is 1. The third-order valence-corrected chi connectivity index (χ3v) is 6.25. The van der Waals surface area contributed by atoms with Gasteiger partial charge in [-0.15, -0.1) is 0 Å². The number of carbonyl (C=O) groups is 2. The number of carboxylic acid groups (broad SMARTS) is 1. The number of piperidine rings is 1. The van der Waals surface area contributed by atoms with Crippen molar-refractivity contribution in [2.45, 2.75) is 45.1 Å². The lowest BCUT2D eigenvalue weighted by molar-refractivity contribution is -0.145. The van der Waals surface area contributed by atoms with E-state index in [0.29, 0.717) is 31.1 Å². The van der Waals surface area contributed by atoms with Crippen LogP contribution in [-0.2, 0) is 4.79 Å². The van der Waals surface area contributed by atoms with Gasteiger partial charge in [-0.2, -0.15) is 5.10 Å². The molecule has 0 spiro atoms. The SMILES string of the molecule is CC1CN(C(=O)c2cnn(C3CCCC3)c2-c2ccccc2)CCC1C(=O)O. The fraction of sp³-hybridized carbons (Fsp3) is 0.500. The van der Waals surface area contributed by atoms with Gasteiger partial charge in [0, 0.05) is 18.7 Å². The van der Waals surface area contributed by atoms with Gasteiger partial charge in [0.15, 0.2) is 0 Å². The number of rotatable bonds is 4. The quantitative estimate of drug-likeness (QED) is 0.873. The smallest absolute Gasteiger partial charge is 0.306 e. The van der Waals surface area contributed by atoms with E-state index < -0.39 is 5.97 Å². The van der Waals surface area contributed by atoms with Gasteiger partial charge in [-0.3, -0.25) is 14.3 Å². The van der Waals surface area contributed by atoms with E-state index in [2.05, 4.69) is 5.10 Å². The molecule has 1 amide bonds. The van der Waals surface area contributed by atoms with Crippen LogP contribution in [0.15, 0.2) is 36.5 Å². The second-order valence-corrected chi connectivity index (χ2v) is 8.12. The highest BCUT2D eigenvalue weighted by Gasteiger charge is 2.35. The third kappa shape index (κ3) is 3.43. The van der Waals surface area contributed by atoms with Crippen molar-refractivity contribution in [3.05, 3.63) is 42.1 Å². The number of nitrogens with zero attached hydrogens (tertiary/aromatic N) is 3. The zero-order valence-electron chi connectivity index (χ0n) is 16.3. The van der Waals surface area contributed by atoms with Gasteiger partial charge >= 0.3 is 5.97 Å². The van der Waals surface area contributed by atoms with Gasteiger partial charge in [-0.05, 0) is 25.2 Å². The molecule has 2 heterocycles. The standard InChI is InChI=1S/C22H27N3O3/c1-15-14-24(12-11-18(15)22(27)28)21(26)19-13-23-25(17-9-5-6-10-17)20(19)16-7-3-2-4-8-16/h2-4,7-8,13,15,17-18H,5-6,9-12,14H2,1H3,(H,27,28). The molecule has 1 saturated carbocycles. The molecule has 1 aliphatic heterocycles. The highest BCUT2D eigenvalue weighted by Crippen LogP contribution is 2.35. The number of aliphatic carboxylic acids is 1. The van der Waals surface area contributed by atoms with E-state index in [4.69, 9.17) is 0 Å². The molecule has 1 aromatic carbocycles. The van der Waals surface area contributed by atoms with Gasteiger partial charge in [-0.1, -0.05) is 50.1 Å². The van der Waals surface area contributed by atoms with Crippen molar-refractivity contribution in [2.24, 2.45) is 11.8 Å². The van der Waals surface area contributed by atoms with Gasteiger partial charge in [-0.25, -0.2) is 0 Å². The van der Waals surface area contributed by atoms with Crippen LogP contribution in [0.4, 0.5) is 0 Å². The number of hydrogen-bond acceptors (Lipinski definition) is 3. The summed E-state index contributed by atoms with van der Waals surface area (Å²) in [6.45, 7) is 2.86. The maximum absolute atomic E-state index is 13.4. The maximum Gasteiger partial charge on any atom is 0.306 e. The summed E-state index contributed by atoms with van der Waals surface area (Å²) in [7, 11) is 0. The average molecular weight is 381 g/mol.